The second-order valence-corrected chi connectivity index (χ2v) is 7.22. The first-order chi connectivity index (χ1) is 11.2. The van der Waals surface area contributed by atoms with Crippen LogP contribution in [-0.2, 0) is 16.0 Å². The second-order valence-electron chi connectivity index (χ2n) is 6.28. The van der Waals surface area contributed by atoms with Crippen LogP contribution in [0.4, 0.5) is 0 Å². The van der Waals surface area contributed by atoms with E-state index in [1.807, 2.05) is 17.5 Å². The monoisotopic (exact) mass is 335 g/mol. The van der Waals surface area contributed by atoms with E-state index in [1.165, 1.54) is 0 Å². The summed E-state index contributed by atoms with van der Waals surface area (Å²) in [5, 5.41) is 6.10. The van der Waals surface area contributed by atoms with Crippen molar-refractivity contribution in [1.82, 2.24) is 15.0 Å². The molecule has 2 aliphatic rings. The molecule has 2 aromatic rings. The van der Waals surface area contributed by atoms with E-state index in [0.717, 1.165) is 30.8 Å². The van der Waals surface area contributed by atoms with Crippen molar-refractivity contribution >= 4 is 11.3 Å². The number of rotatable bonds is 4. The van der Waals surface area contributed by atoms with Gasteiger partial charge < -0.3 is 14.0 Å². The molecule has 0 bridgehead atoms. The second kappa shape index (κ2) is 6.32. The third kappa shape index (κ3) is 3.19. The molecule has 6 nitrogen and oxygen atoms in total. The highest BCUT2D eigenvalue weighted by molar-refractivity contribution is 7.13. The van der Waals surface area contributed by atoms with Gasteiger partial charge in [-0.25, -0.2) is 0 Å². The van der Waals surface area contributed by atoms with Crippen LogP contribution in [0.5, 0.6) is 0 Å². The van der Waals surface area contributed by atoms with E-state index in [1.54, 1.807) is 11.3 Å². The molecule has 4 heterocycles. The van der Waals surface area contributed by atoms with Gasteiger partial charge in [-0.1, -0.05) is 11.2 Å². The molecule has 2 fully saturated rings. The fraction of sp³-hybridized carbons (Fsp3) is 0.625. The van der Waals surface area contributed by atoms with Crippen LogP contribution in [0.3, 0.4) is 0 Å². The normalized spacial score (nSPS) is 25.0. The number of piperidine rings is 1. The first-order valence-electron chi connectivity index (χ1n) is 8.10. The molecule has 0 amide bonds. The molecule has 0 spiro atoms. The van der Waals surface area contributed by atoms with Gasteiger partial charge in [0, 0.05) is 12.5 Å². The Morgan fingerprint density at radius 1 is 1.39 bits per heavy atom. The summed E-state index contributed by atoms with van der Waals surface area (Å²) in [4.78, 5) is 7.91. The van der Waals surface area contributed by atoms with E-state index in [2.05, 4.69) is 22.0 Å². The summed E-state index contributed by atoms with van der Waals surface area (Å²) in [5.41, 5.74) is 0. The van der Waals surface area contributed by atoms with Crippen LogP contribution < -0.4 is 0 Å². The molecule has 1 unspecified atom stereocenters. The highest BCUT2D eigenvalue weighted by atomic mass is 32.1. The van der Waals surface area contributed by atoms with Crippen molar-refractivity contribution in [3.05, 3.63) is 23.4 Å². The Morgan fingerprint density at radius 3 is 3.04 bits per heavy atom. The molecule has 124 valence electrons. The third-order valence-corrected chi connectivity index (χ3v) is 5.54. The summed E-state index contributed by atoms with van der Waals surface area (Å²) < 4.78 is 17.1. The molecule has 2 saturated heterocycles. The number of ether oxygens (including phenoxy) is 2. The molecule has 1 atom stereocenters. The molecule has 4 rings (SSSR count). The average molecular weight is 335 g/mol. The van der Waals surface area contributed by atoms with Gasteiger partial charge in [-0.2, -0.15) is 4.98 Å². The Labute approximate surface area is 139 Å². The van der Waals surface area contributed by atoms with Gasteiger partial charge >= 0.3 is 0 Å². The minimum absolute atomic E-state index is 0.387. The highest BCUT2D eigenvalue weighted by Gasteiger charge is 2.41. The molecular weight excluding hydrogens is 314 g/mol. The molecule has 0 saturated carbocycles. The maximum atomic E-state index is 5.83. The average Bonchev–Trinajstić information content (AvgIpc) is 3.28. The van der Waals surface area contributed by atoms with Crippen molar-refractivity contribution in [3.8, 4) is 10.7 Å². The predicted octanol–water partition coefficient (Wildman–Crippen LogP) is 2.77. The Hall–Kier alpha value is -1.28. The van der Waals surface area contributed by atoms with Gasteiger partial charge in [0.2, 0.25) is 11.7 Å². The van der Waals surface area contributed by atoms with Gasteiger partial charge in [0.15, 0.2) is 5.79 Å². The smallest absolute Gasteiger partial charge is 0.241 e. The summed E-state index contributed by atoms with van der Waals surface area (Å²) in [7, 11) is 0. The summed E-state index contributed by atoms with van der Waals surface area (Å²) >= 11 is 1.62. The van der Waals surface area contributed by atoms with Crippen LogP contribution in [0.1, 0.15) is 25.7 Å². The van der Waals surface area contributed by atoms with Crippen LogP contribution in [0.25, 0.3) is 10.7 Å². The van der Waals surface area contributed by atoms with Crippen molar-refractivity contribution in [2.75, 3.05) is 26.3 Å². The Balaban J connectivity index is 1.41. The summed E-state index contributed by atoms with van der Waals surface area (Å²) in [6.07, 6.45) is 2.27. The Kier molecular flexibility index (Phi) is 4.19. The van der Waals surface area contributed by atoms with Crippen molar-refractivity contribution in [3.63, 3.8) is 0 Å². The maximum Gasteiger partial charge on any atom is 0.241 e. The van der Waals surface area contributed by atoms with E-state index in [-0.39, 0.29) is 0 Å². The van der Waals surface area contributed by atoms with E-state index in [0.29, 0.717) is 37.4 Å². The van der Waals surface area contributed by atoms with E-state index >= 15 is 0 Å². The number of aromatic nitrogens is 2. The van der Waals surface area contributed by atoms with Gasteiger partial charge in [-0.05, 0) is 37.8 Å². The summed E-state index contributed by atoms with van der Waals surface area (Å²) in [6.45, 7) is 6.12. The topological polar surface area (TPSA) is 60.6 Å². The maximum absolute atomic E-state index is 5.83. The van der Waals surface area contributed by atoms with Gasteiger partial charge in [-0.15, -0.1) is 11.3 Å². The third-order valence-electron chi connectivity index (χ3n) is 4.68. The molecule has 2 aromatic heterocycles. The summed E-state index contributed by atoms with van der Waals surface area (Å²) in [6, 6.07) is 4.00. The molecule has 0 N–H and O–H groups in total. The van der Waals surface area contributed by atoms with Crippen molar-refractivity contribution < 1.29 is 14.0 Å². The molecular formula is C16H21N3O3S. The van der Waals surface area contributed by atoms with Gasteiger partial charge in [-0.3, -0.25) is 4.90 Å². The fourth-order valence-electron chi connectivity index (χ4n) is 3.41. The van der Waals surface area contributed by atoms with Gasteiger partial charge in [0.05, 0.1) is 24.6 Å². The van der Waals surface area contributed by atoms with Crippen LogP contribution in [0.2, 0.25) is 0 Å². The van der Waals surface area contributed by atoms with Gasteiger partial charge in [0.25, 0.3) is 0 Å². The number of thiophene rings is 1. The highest BCUT2D eigenvalue weighted by Crippen LogP contribution is 2.34. The fourth-order valence-corrected chi connectivity index (χ4v) is 4.06. The van der Waals surface area contributed by atoms with Crippen LogP contribution in [0.15, 0.2) is 22.0 Å². The molecule has 7 heteroatoms. The van der Waals surface area contributed by atoms with Crippen molar-refractivity contribution in [2.45, 2.75) is 32.1 Å². The Bertz CT molecular complexity index is 637. The minimum atomic E-state index is -0.435. The number of nitrogens with zero attached hydrogens (tertiary/aromatic N) is 3. The largest absolute Gasteiger partial charge is 0.347 e. The lowest BCUT2D eigenvalue weighted by molar-refractivity contribution is -0.192. The molecule has 0 aromatic carbocycles. The van der Waals surface area contributed by atoms with Crippen molar-refractivity contribution in [1.29, 1.82) is 0 Å². The zero-order valence-electron chi connectivity index (χ0n) is 13.2. The minimum Gasteiger partial charge on any atom is -0.347 e. The lowest BCUT2D eigenvalue weighted by Crippen LogP contribution is -2.46. The molecule has 23 heavy (non-hydrogen) atoms. The van der Waals surface area contributed by atoms with Crippen LogP contribution >= 0.6 is 11.3 Å². The van der Waals surface area contributed by atoms with Gasteiger partial charge in [0.1, 0.15) is 0 Å². The summed E-state index contributed by atoms with van der Waals surface area (Å²) in [5.74, 6) is 1.30. The first-order valence-corrected chi connectivity index (χ1v) is 8.98. The van der Waals surface area contributed by atoms with E-state index in [4.69, 9.17) is 14.0 Å². The zero-order valence-corrected chi connectivity index (χ0v) is 14.1. The van der Waals surface area contributed by atoms with Crippen molar-refractivity contribution in [2.24, 2.45) is 5.92 Å². The Morgan fingerprint density at radius 2 is 2.26 bits per heavy atom. The standard InChI is InChI=1S/C16H21N3O3S/c1-16(20-7-8-21-16)12-4-2-6-19(10-12)11-14-17-15(18-22-14)13-5-3-9-23-13/h3,5,9,12H,2,4,6-8,10-11H2,1H3. The van der Waals surface area contributed by atoms with Crippen LogP contribution in [-0.4, -0.2) is 47.1 Å². The number of likely N-dealkylation sites (tertiary alicyclic amines) is 1. The zero-order chi connectivity index (χ0) is 15.7. The lowest BCUT2D eigenvalue weighted by Gasteiger charge is -2.39. The molecule has 2 aliphatic heterocycles. The first kappa shape index (κ1) is 15.3. The van der Waals surface area contributed by atoms with E-state index in [9.17, 15) is 0 Å². The molecule has 0 aliphatic carbocycles. The SMILES string of the molecule is CC1(C2CCCN(Cc3nc(-c4cccs4)no3)C2)OCCO1. The lowest BCUT2D eigenvalue weighted by atomic mass is 9.90. The van der Waals surface area contributed by atoms with Crippen LogP contribution in [0, 0.1) is 5.92 Å². The predicted molar refractivity (Wildman–Crippen MR) is 85.9 cm³/mol. The number of hydrogen-bond acceptors (Lipinski definition) is 7. The quantitative estimate of drug-likeness (QED) is 0.856. The number of hydrogen-bond donors (Lipinski definition) is 0. The van der Waals surface area contributed by atoms with E-state index < -0.39 is 5.79 Å². The molecule has 0 radical (unpaired) electrons.